The number of nitrogens with zero attached hydrogens (tertiary/aromatic N) is 1. The number of hydrogen-bond donors (Lipinski definition) is 1. The first-order valence-corrected chi connectivity index (χ1v) is 8.92. The van der Waals surface area contributed by atoms with E-state index < -0.39 is 11.7 Å². The predicted octanol–water partition coefficient (Wildman–Crippen LogP) is 4.60. The number of fused-ring (bicyclic) bond motifs is 1. The van der Waals surface area contributed by atoms with E-state index in [1.54, 1.807) is 0 Å². The molecule has 2 aromatic carbocycles. The highest BCUT2D eigenvalue weighted by Crippen LogP contribution is 2.33. The van der Waals surface area contributed by atoms with Crippen LogP contribution in [0.2, 0.25) is 0 Å². The molecule has 0 aliphatic rings. The summed E-state index contributed by atoms with van der Waals surface area (Å²) in [4.78, 5) is 25.2. The summed E-state index contributed by atoms with van der Waals surface area (Å²) in [6.45, 7) is 7.81. The predicted molar refractivity (Wildman–Crippen MR) is 110 cm³/mol. The molecule has 0 bridgehead atoms. The maximum atomic E-state index is 12.2. The fraction of sp³-hybridized carbons (Fsp3) is 0.364. The van der Waals surface area contributed by atoms with Crippen molar-refractivity contribution in [3.05, 3.63) is 36.4 Å². The molecule has 2 aromatic rings. The summed E-state index contributed by atoms with van der Waals surface area (Å²) in [7, 11) is 0. The molecule has 0 fully saturated rings. The van der Waals surface area contributed by atoms with Crippen LogP contribution >= 0.6 is 0 Å². The summed E-state index contributed by atoms with van der Waals surface area (Å²) >= 11 is 0. The zero-order valence-electron chi connectivity index (χ0n) is 16.3. The second-order valence-electron chi connectivity index (χ2n) is 7.39. The van der Waals surface area contributed by atoms with E-state index in [0.717, 1.165) is 22.7 Å². The average Bonchev–Trinajstić information content (AvgIpc) is 2.59. The Bertz CT molecular complexity index is 862. The molecule has 1 atom stereocenters. The number of ether oxygens (including phenoxy) is 1. The lowest BCUT2D eigenvalue weighted by Gasteiger charge is -2.30. The first-order valence-electron chi connectivity index (χ1n) is 8.92. The van der Waals surface area contributed by atoms with Crippen LogP contribution in [0.1, 0.15) is 34.1 Å². The molecule has 0 spiro atoms. The fourth-order valence-electron chi connectivity index (χ4n) is 2.90. The Morgan fingerprint density at radius 1 is 1.26 bits per heavy atom. The standard InChI is InChI=1S/C22H26N2O3/c1-6-14-24(16(2)13-15-25)20-12-11-19(17-9-7-8-10-18(17)20)23-21(26)27-22(3,4)5/h1,7-12,15-16H,13-14H2,2-5H3,(H,23,26)/t16-/m0/s1. The van der Waals surface area contributed by atoms with Gasteiger partial charge in [-0.3, -0.25) is 5.32 Å². The van der Waals surface area contributed by atoms with Gasteiger partial charge in [-0.1, -0.05) is 30.2 Å². The number of anilines is 2. The van der Waals surface area contributed by atoms with Gasteiger partial charge in [-0.25, -0.2) is 4.79 Å². The molecule has 0 aliphatic carbocycles. The molecular formula is C22H26N2O3. The van der Waals surface area contributed by atoms with E-state index in [4.69, 9.17) is 11.2 Å². The van der Waals surface area contributed by atoms with Crippen molar-refractivity contribution in [2.75, 3.05) is 16.8 Å². The lowest BCUT2D eigenvalue weighted by atomic mass is 10.0. The number of nitrogens with one attached hydrogen (secondary N) is 1. The molecule has 0 aliphatic heterocycles. The lowest BCUT2D eigenvalue weighted by Crippen LogP contribution is -2.34. The number of hydrogen-bond acceptors (Lipinski definition) is 4. The monoisotopic (exact) mass is 366 g/mol. The minimum absolute atomic E-state index is 0.0355. The average molecular weight is 366 g/mol. The molecule has 0 heterocycles. The largest absolute Gasteiger partial charge is 0.444 e. The van der Waals surface area contributed by atoms with Gasteiger partial charge >= 0.3 is 6.09 Å². The van der Waals surface area contributed by atoms with Crippen LogP contribution in [-0.2, 0) is 9.53 Å². The molecule has 1 amide bonds. The molecule has 0 saturated heterocycles. The van der Waals surface area contributed by atoms with Gasteiger partial charge < -0.3 is 14.4 Å². The molecule has 0 saturated carbocycles. The molecule has 27 heavy (non-hydrogen) atoms. The Morgan fingerprint density at radius 2 is 1.93 bits per heavy atom. The van der Waals surface area contributed by atoms with E-state index in [1.807, 2.05) is 69.0 Å². The van der Waals surface area contributed by atoms with Crippen LogP contribution in [-0.4, -0.2) is 30.6 Å². The minimum atomic E-state index is -0.576. The zero-order chi connectivity index (χ0) is 20.0. The van der Waals surface area contributed by atoms with Crippen molar-refractivity contribution in [1.29, 1.82) is 0 Å². The van der Waals surface area contributed by atoms with E-state index in [9.17, 15) is 9.59 Å². The number of benzene rings is 2. The highest BCUT2D eigenvalue weighted by atomic mass is 16.6. The van der Waals surface area contributed by atoms with Crippen molar-refractivity contribution in [2.45, 2.75) is 45.8 Å². The van der Waals surface area contributed by atoms with Crippen molar-refractivity contribution in [2.24, 2.45) is 0 Å². The summed E-state index contributed by atoms with van der Waals surface area (Å²) in [6.07, 6.45) is 6.32. The number of amides is 1. The van der Waals surface area contributed by atoms with Gasteiger partial charge in [0.2, 0.25) is 0 Å². The number of rotatable bonds is 6. The molecule has 5 nitrogen and oxygen atoms in total. The Labute approximate surface area is 160 Å². The number of aldehydes is 1. The molecule has 142 valence electrons. The van der Waals surface area contributed by atoms with Gasteiger partial charge in [0.1, 0.15) is 11.9 Å². The van der Waals surface area contributed by atoms with Crippen molar-refractivity contribution in [1.82, 2.24) is 0 Å². The molecule has 0 aromatic heterocycles. The van der Waals surface area contributed by atoms with Crippen molar-refractivity contribution < 1.29 is 14.3 Å². The molecular weight excluding hydrogens is 340 g/mol. The third-order valence-corrected chi connectivity index (χ3v) is 4.08. The van der Waals surface area contributed by atoms with Crippen LogP contribution in [0.5, 0.6) is 0 Å². The fourth-order valence-corrected chi connectivity index (χ4v) is 2.90. The smallest absolute Gasteiger partial charge is 0.412 e. The van der Waals surface area contributed by atoms with Crippen molar-refractivity contribution in [3.8, 4) is 12.3 Å². The van der Waals surface area contributed by atoms with Gasteiger partial charge in [-0.05, 0) is 39.8 Å². The lowest BCUT2D eigenvalue weighted by molar-refractivity contribution is -0.108. The van der Waals surface area contributed by atoms with Crippen LogP contribution in [0, 0.1) is 12.3 Å². The topological polar surface area (TPSA) is 58.6 Å². The number of carbonyl (C=O) groups excluding carboxylic acids is 2. The van der Waals surface area contributed by atoms with Crippen LogP contribution in [0.25, 0.3) is 10.8 Å². The summed E-state index contributed by atoms with van der Waals surface area (Å²) in [5.74, 6) is 2.66. The van der Waals surface area contributed by atoms with Crippen molar-refractivity contribution in [3.63, 3.8) is 0 Å². The summed E-state index contributed by atoms with van der Waals surface area (Å²) in [5, 5.41) is 4.64. The SMILES string of the molecule is C#CCN(c1ccc(NC(=O)OC(C)(C)C)c2ccccc12)[C@@H](C)CC=O. The third kappa shape index (κ3) is 5.24. The molecule has 0 radical (unpaired) electrons. The normalized spacial score (nSPS) is 12.1. The van der Waals surface area contributed by atoms with Gasteiger partial charge in [-0.15, -0.1) is 6.42 Å². The quantitative estimate of drug-likeness (QED) is 0.599. The van der Waals surface area contributed by atoms with Gasteiger partial charge in [0.15, 0.2) is 0 Å². The van der Waals surface area contributed by atoms with Gasteiger partial charge in [0.05, 0.1) is 12.2 Å². The van der Waals surface area contributed by atoms with Gasteiger partial charge in [0, 0.05) is 28.9 Å². The Balaban J connectivity index is 2.46. The number of terminal acetylenes is 1. The summed E-state index contributed by atoms with van der Waals surface area (Å²) in [5.41, 5.74) is 1.01. The second kappa shape index (κ2) is 8.59. The van der Waals surface area contributed by atoms with Crippen LogP contribution in [0.3, 0.4) is 0 Å². The van der Waals surface area contributed by atoms with E-state index in [-0.39, 0.29) is 6.04 Å². The Hall–Kier alpha value is -3.00. The second-order valence-corrected chi connectivity index (χ2v) is 7.39. The zero-order valence-corrected chi connectivity index (χ0v) is 16.3. The summed E-state index contributed by atoms with van der Waals surface area (Å²) in [6, 6.07) is 11.5. The minimum Gasteiger partial charge on any atom is -0.444 e. The maximum Gasteiger partial charge on any atom is 0.412 e. The highest BCUT2D eigenvalue weighted by molar-refractivity contribution is 6.05. The van der Waals surface area contributed by atoms with E-state index >= 15 is 0 Å². The molecule has 0 unspecified atom stereocenters. The van der Waals surface area contributed by atoms with E-state index in [0.29, 0.717) is 18.7 Å². The Morgan fingerprint density at radius 3 is 2.52 bits per heavy atom. The van der Waals surface area contributed by atoms with E-state index in [1.165, 1.54) is 0 Å². The van der Waals surface area contributed by atoms with Crippen LogP contribution in [0.15, 0.2) is 36.4 Å². The molecule has 2 rings (SSSR count). The van der Waals surface area contributed by atoms with Gasteiger partial charge in [0.25, 0.3) is 0 Å². The van der Waals surface area contributed by atoms with Gasteiger partial charge in [-0.2, -0.15) is 0 Å². The maximum absolute atomic E-state index is 12.2. The van der Waals surface area contributed by atoms with Crippen molar-refractivity contribution >= 4 is 34.5 Å². The molecule has 5 heteroatoms. The third-order valence-electron chi connectivity index (χ3n) is 4.08. The van der Waals surface area contributed by atoms with E-state index in [2.05, 4.69) is 11.2 Å². The molecule has 1 N–H and O–H groups in total. The van der Waals surface area contributed by atoms with Crippen LogP contribution < -0.4 is 10.2 Å². The first-order chi connectivity index (χ1) is 12.8. The summed E-state index contributed by atoms with van der Waals surface area (Å²) < 4.78 is 5.35. The highest BCUT2D eigenvalue weighted by Gasteiger charge is 2.19. The first kappa shape index (κ1) is 20.3. The Kier molecular flexibility index (Phi) is 6.46. The number of carbonyl (C=O) groups is 2. The van der Waals surface area contributed by atoms with Crippen LogP contribution in [0.4, 0.5) is 16.2 Å².